The number of thioether (sulfide) groups is 1. The Hall–Kier alpha value is -1.19. The van der Waals surface area contributed by atoms with Gasteiger partial charge in [0.2, 0.25) is 5.91 Å². The largest absolute Gasteiger partial charge is 0.316 e. The molecular formula is C13H8Cl2N2OS2. The Morgan fingerprint density at radius 3 is 2.95 bits per heavy atom. The number of amides is 1. The molecule has 1 heterocycles. The Balaban J connectivity index is 1.96. The zero-order chi connectivity index (χ0) is 14.5. The van der Waals surface area contributed by atoms with Crippen molar-refractivity contribution in [3.8, 4) is 6.07 Å². The minimum atomic E-state index is -0.190. The van der Waals surface area contributed by atoms with Gasteiger partial charge in [-0.2, -0.15) is 5.26 Å². The fraction of sp³-hybridized carbons (Fsp3) is 0.0769. The van der Waals surface area contributed by atoms with E-state index in [-0.39, 0.29) is 11.7 Å². The van der Waals surface area contributed by atoms with Crippen molar-refractivity contribution >= 4 is 57.2 Å². The fourth-order valence-electron chi connectivity index (χ4n) is 1.39. The predicted molar refractivity (Wildman–Crippen MR) is 84.8 cm³/mol. The van der Waals surface area contributed by atoms with E-state index in [1.807, 2.05) is 6.07 Å². The van der Waals surface area contributed by atoms with Crippen molar-refractivity contribution in [3.05, 3.63) is 45.3 Å². The Morgan fingerprint density at radius 1 is 1.40 bits per heavy atom. The summed E-state index contributed by atoms with van der Waals surface area (Å²) in [5, 5.41) is 15.0. The van der Waals surface area contributed by atoms with Crippen LogP contribution in [-0.2, 0) is 4.79 Å². The maximum Gasteiger partial charge on any atom is 0.235 e. The molecule has 0 saturated heterocycles. The molecule has 1 N–H and O–H groups in total. The van der Waals surface area contributed by atoms with E-state index < -0.39 is 0 Å². The summed E-state index contributed by atoms with van der Waals surface area (Å²) in [6, 6.07) is 8.79. The van der Waals surface area contributed by atoms with Crippen molar-refractivity contribution in [1.29, 1.82) is 5.26 Å². The monoisotopic (exact) mass is 342 g/mol. The van der Waals surface area contributed by atoms with Crippen LogP contribution in [0.15, 0.2) is 34.5 Å². The molecule has 0 unspecified atom stereocenters. The molecule has 1 amide bonds. The van der Waals surface area contributed by atoms with Gasteiger partial charge in [-0.25, -0.2) is 0 Å². The third-order valence-electron chi connectivity index (χ3n) is 2.29. The highest BCUT2D eigenvalue weighted by Gasteiger charge is 2.10. The van der Waals surface area contributed by atoms with Gasteiger partial charge in [0.25, 0.3) is 0 Å². The van der Waals surface area contributed by atoms with E-state index >= 15 is 0 Å². The first-order valence-electron chi connectivity index (χ1n) is 5.45. The van der Waals surface area contributed by atoms with Gasteiger partial charge in [0.1, 0.15) is 11.1 Å². The molecule has 0 spiro atoms. The average molecular weight is 343 g/mol. The van der Waals surface area contributed by atoms with Crippen molar-refractivity contribution in [2.45, 2.75) is 4.90 Å². The van der Waals surface area contributed by atoms with Crippen LogP contribution in [0.1, 0.15) is 5.56 Å². The molecule has 1 aromatic carbocycles. The highest BCUT2D eigenvalue weighted by atomic mass is 35.5. The van der Waals surface area contributed by atoms with Crippen LogP contribution in [0.3, 0.4) is 0 Å². The van der Waals surface area contributed by atoms with Crippen LogP contribution in [0.25, 0.3) is 0 Å². The Labute approximate surface area is 134 Å². The third kappa shape index (κ3) is 3.90. The highest BCUT2D eigenvalue weighted by Crippen LogP contribution is 2.30. The second-order valence-electron chi connectivity index (χ2n) is 3.69. The lowest BCUT2D eigenvalue weighted by Crippen LogP contribution is -2.13. The number of nitrogens with one attached hydrogen (secondary N) is 1. The summed E-state index contributed by atoms with van der Waals surface area (Å²) in [7, 11) is 0. The van der Waals surface area contributed by atoms with E-state index in [2.05, 4.69) is 5.32 Å². The molecule has 0 radical (unpaired) electrons. The van der Waals surface area contributed by atoms with Gasteiger partial charge in [0.15, 0.2) is 0 Å². The fourth-order valence-corrected chi connectivity index (χ4v) is 3.43. The van der Waals surface area contributed by atoms with Gasteiger partial charge in [0, 0.05) is 9.92 Å². The van der Waals surface area contributed by atoms with Crippen LogP contribution in [0.2, 0.25) is 10.0 Å². The number of nitrogens with zero attached hydrogens (tertiary/aromatic N) is 1. The lowest BCUT2D eigenvalue weighted by molar-refractivity contribution is -0.113. The standard InChI is InChI=1S/C13H8Cl2N2OS2/c14-9-1-2-10(15)11(5-9)20-7-12(18)17-13-8(6-16)3-4-19-13/h1-5H,7H2,(H,17,18). The zero-order valence-corrected chi connectivity index (χ0v) is 13.2. The summed E-state index contributed by atoms with van der Waals surface area (Å²) in [5.74, 6) is 0.00743. The molecule has 0 bridgehead atoms. The second kappa shape index (κ2) is 7.00. The number of benzene rings is 1. The van der Waals surface area contributed by atoms with Crippen LogP contribution in [0, 0.1) is 11.3 Å². The van der Waals surface area contributed by atoms with Crippen molar-refractivity contribution < 1.29 is 4.79 Å². The van der Waals surface area contributed by atoms with Crippen LogP contribution in [0.5, 0.6) is 0 Å². The molecule has 7 heteroatoms. The second-order valence-corrected chi connectivity index (χ2v) is 6.46. The summed E-state index contributed by atoms with van der Waals surface area (Å²) >= 11 is 14.5. The van der Waals surface area contributed by atoms with Crippen molar-refractivity contribution in [3.63, 3.8) is 0 Å². The number of anilines is 1. The molecule has 3 nitrogen and oxygen atoms in total. The van der Waals surface area contributed by atoms with Gasteiger partial charge >= 0.3 is 0 Å². The molecule has 20 heavy (non-hydrogen) atoms. The first kappa shape index (κ1) is 15.2. The Bertz CT molecular complexity index is 679. The van der Waals surface area contributed by atoms with Gasteiger partial charge in [0.05, 0.1) is 16.3 Å². The van der Waals surface area contributed by atoms with E-state index in [0.29, 0.717) is 20.6 Å². The summed E-state index contributed by atoms with van der Waals surface area (Å²) < 4.78 is 0. The van der Waals surface area contributed by atoms with Crippen LogP contribution in [0.4, 0.5) is 5.00 Å². The molecule has 0 saturated carbocycles. The first-order chi connectivity index (χ1) is 9.60. The topological polar surface area (TPSA) is 52.9 Å². The molecule has 0 atom stereocenters. The van der Waals surface area contributed by atoms with Gasteiger partial charge in [-0.05, 0) is 29.6 Å². The first-order valence-corrected chi connectivity index (χ1v) is 8.07. The molecule has 0 fully saturated rings. The summed E-state index contributed by atoms with van der Waals surface area (Å²) in [6.07, 6.45) is 0. The molecule has 0 aliphatic carbocycles. The molecular weight excluding hydrogens is 335 g/mol. The van der Waals surface area contributed by atoms with Gasteiger partial charge in [-0.3, -0.25) is 4.79 Å². The molecule has 2 rings (SSSR count). The summed E-state index contributed by atoms with van der Waals surface area (Å²) in [5.41, 5.74) is 0.467. The predicted octanol–water partition coefficient (Wildman–Crippen LogP) is 4.66. The quantitative estimate of drug-likeness (QED) is 0.822. The Morgan fingerprint density at radius 2 is 2.20 bits per heavy atom. The van der Waals surface area contributed by atoms with Crippen LogP contribution < -0.4 is 5.32 Å². The Kier molecular flexibility index (Phi) is 5.32. The summed E-state index contributed by atoms with van der Waals surface area (Å²) in [6.45, 7) is 0. The van der Waals surface area contributed by atoms with E-state index in [4.69, 9.17) is 28.5 Å². The number of thiophene rings is 1. The number of carbonyl (C=O) groups is 1. The van der Waals surface area contributed by atoms with E-state index in [9.17, 15) is 4.79 Å². The van der Waals surface area contributed by atoms with Gasteiger partial charge in [-0.1, -0.05) is 23.2 Å². The maximum absolute atomic E-state index is 11.8. The maximum atomic E-state index is 11.8. The number of halogens is 2. The number of hydrogen-bond donors (Lipinski definition) is 1. The third-order valence-corrected chi connectivity index (χ3v) is 4.85. The lowest BCUT2D eigenvalue weighted by atomic mass is 10.3. The van der Waals surface area contributed by atoms with E-state index in [0.717, 1.165) is 4.90 Å². The lowest BCUT2D eigenvalue weighted by Gasteiger charge is -2.05. The van der Waals surface area contributed by atoms with Crippen LogP contribution >= 0.6 is 46.3 Å². The number of nitriles is 1. The van der Waals surface area contributed by atoms with Crippen LogP contribution in [-0.4, -0.2) is 11.7 Å². The number of rotatable bonds is 4. The molecule has 0 aliphatic rings. The summed E-state index contributed by atoms with van der Waals surface area (Å²) in [4.78, 5) is 12.6. The number of hydrogen-bond acceptors (Lipinski definition) is 4. The van der Waals surface area contributed by atoms with Gasteiger partial charge < -0.3 is 5.32 Å². The van der Waals surface area contributed by atoms with Gasteiger partial charge in [-0.15, -0.1) is 23.1 Å². The smallest absolute Gasteiger partial charge is 0.235 e. The normalized spacial score (nSPS) is 10.1. The van der Waals surface area contributed by atoms with Crippen molar-refractivity contribution in [2.75, 3.05) is 11.1 Å². The van der Waals surface area contributed by atoms with Crippen molar-refractivity contribution in [1.82, 2.24) is 0 Å². The van der Waals surface area contributed by atoms with E-state index in [1.54, 1.807) is 29.6 Å². The van der Waals surface area contributed by atoms with Crippen molar-refractivity contribution in [2.24, 2.45) is 0 Å². The molecule has 102 valence electrons. The molecule has 0 aliphatic heterocycles. The molecule has 1 aromatic heterocycles. The van der Waals surface area contributed by atoms with E-state index in [1.165, 1.54) is 23.1 Å². The highest BCUT2D eigenvalue weighted by molar-refractivity contribution is 8.00. The molecule has 2 aromatic rings. The minimum Gasteiger partial charge on any atom is -0.316 e. The zero-order valence-electron chi connectivity index (χ0n) is 10.0. The average Bonchev–Trinajstić information content (AvgIpc) is 2.87. The SMILES string of the molecule is N#Cc1ccsc1NC(=O)CSc1cc(Cl)ccc1Cl. The minimum absolute atomic E-state index is 0.190. The number of carbonyl (C=O) groups excluding carboxylic acids is 1.